The Morgan fingerprint density at radius 1 is 1.32 bits per heavy atom. The Labute approximate surface area is 119 Å². The van der Waals surface area contributed by atoms with E-state index < -0.39 is 0 Å². The lowest BCUT2D eigenvalue weighted by atomic mass is 10.0. The van der Waals surface area contributed by atoms with E-state index in [1.807, 2.05) is 17.0 Å². The van der Waals surface area contributed by atoms with E-state index in [-0.39, 0.29) is 5.91 Å². The summed E-state index contributed by atoms with van der Waals surface area (Å²) in [6, 6.07) is 8.77. The van der Waals surface area contributed by atoms with Crippen molar-refractivity contribution in [1.29, 1.82) is 0 Å². The van der Waals surface area contributed by atoms with Gasteiger partial charge in [0.15, 0.2) is 0 Å². The quantitative estimate of drug-likeness (QED) is 0.923. The third kappa shape index (κ3) is 3.95. The molecule has 104 valence electrons. The lowest BCUT2D eigenvalue weighted by Crippen LogP contribution is -2.44. The number of halogens is 1. The summed E-state index contributed by atoms with van der Waals surface area (Å²) >= 11 is 5.90. The van der Waals surface area contributed by atoms with Crippen LogP contribution in [0.1, 0.15) is 38.3 Å². The Kier molecular flexibility index (Phi) is 4.83. The number of amides is 1. The van der Waals surface area contributed by atoms with E-state index in [0.29, 0.717) is 12.1 Å². The van der Waals surface area contributed by atoms with Crippen molar-refractivity contribution in [2.75, 3.05) is 13.1 Å². The van der Waals surface area contributed by atoms with Gasteiger partial charge in [0.2, 0.25) is 5.91 Å². The molecule has 19 heavy (non-hydrogen) atoms. The fourth-order valence-corrected chi connectivity index (χ4v) is 2.69. The second-order valence-electron chi connectivity index (χ2n) is 5.22. The predicted octanol–water partition coefficient (Wildman–Crippen LogP) is 3.00. The van der Waals surface area contributed by atoms with Crippen LogP contribution in [0.15, 0.2) is 24.3 Å². The zero-order chi connectivity index (χ0) is 13.8. The van der Waals surface area contributed by atoms with Crippen LogP contribution in [0.2, 0.25) is 5.02 Å². The molecule has 1 fully saturated rings. The molecule has 0 saturated carbocycles. The summed E-state index contributed by atoms with van der Waals surface area (Å²) < 4.78 is 0. The van der Waals surface area contributed by atoms with E-state index in [4.69, 9.17) is 11.6 Å². The molecule has 0 aliphatic carbocycles. The van der Waals surface area contributed by atoms with Crippen molar-refractivity contribution >= 4 is 17.5 Å². The average molecular weight is 281 g/mol. The largest absolute Gasteiger partial charge is 0.343 e. The zero-order valence-electron chi connectivity index (χ0n) is 11.5. The number of carbonyl (C=O) groups is 1. The number of rotatable bonds is 3. The lowest BCUT2D eigenvalue weighted by Gasteiger charge is -2.33. The molecule has 1 unspecified atom stereocenters. The van der Waals surface area contributed by atoms with Crippen LogP contribution in [0.25, 0.3) is 0 Å². The van der Waals surface area contributed by atoms with Crippen LogP contribution < -0.4 is 5.32 Å². The first kappa shape index (κ1) is 14.4. The van der Waals surface area contributed by atoms with Crippen LogP contribution in [0.3, 0.4) is 0 Å². The molecular weight excluding hydrogens is 260 g/mol. The Balaban J connectivity index is 1.85. The first-order valence-corrected chi connectivity index (χ1v) is 7.21. The Bertz CT molecular complexity index is 424. The minimum atomic E-state index is 0.184. The molecule has 1 saturated heterocycles. The fraction of sp³-hybridized carbons (Fsp3) is 0.533. The molecule has 2 rings (SSSR count). The van der Waals surface area contributed by atoms with Crippen molar-refractivity contribution in [2.45, 2.75) is 38.8 Å². The molecule has 1 aromatic carbocycles. The van der Waals surface area contributed by atoms with Gasteiger partial charge in [-0.05, 0) is 37.5 Å². The second-order valence-corrected chi connectivity index (χ2v) is 5.66. The molecule has 4 heteroatoms. The summed E-state index contributed by atoms with van der Waals surface area (Å²) in [4.78, 5) is 13.2. The average Bonchev–Trinajstić information content (AvgIpc) is 2.40. The molecule has 1 aliphatic rings. The molecule has 0 radical (unpaired) electrons. The number of nitrogens with one attached hydrogen (secondary N) is 1. The maximum absolute atomic E-state index is 11.3. The topological polar surface area (TPSA) is 32.3 Å². The number of hydrogen-bond donors (Lipinski definition) is 1. The Morgan fingerprint density at radius 3 is 2.42 bits per heavy atom. The second kappa shape index (κ2) is 6.40. The number of hydrogen-bond acceptors (Lipinski definition) is 2. The van der Waals surface area contributed by atoms with Crippen molar-refractivity contribution in [3.63, 3.8) is 0 Å². The predicted molar refractivity (Wildman–Crippen MR) is 78.3 cm³/mol. The monoisotopic (exact) mass is 280 g/mol. The third-order valence-corrected chi connectivity index (χ3v) is 4.05. The minimum Gasteiger partial charge on any atom is -0.343 e. The van der Waals surface area contributed by atoms with Gasteiger partial charge in [-0.15, -0.1) is 0 Å². The van der Waals surface area contributed by atoms with Crippen molar-refractivity contribution in [1.82, 2.24) is 10.2 Å². The van der Waals surface area contributed by atoms with Gasteiger partial charge < -0.3 is 10.2 Å². The van der Waals surface area contributed by atoms with E-state index in [1.165, 1.54) is 5.56 Å². The molecule has 0 bridgehead atoms. The van der Waals surface area contributed by atoms with Gasteiger partial charge in [-0.25, -0.2) is 0 Å². The van der Waals surface area contributed by atoms with Gasteiger partial charge in [-0.3, -0.25) is 4.79 Å². The van der Waals surface area contributed by atoms with Gasteiger partial charge in [0, 0.05) is 37.1 Å². The third-order valence-electron chi connectivity index (χ3n) is 3.80. The summed E-state index contributed by atoms with van der Waals surface area (Å²) in [6.45, 7) is 5.53. The smallest absolute Gasteiger partial charge is 0.219 e. The van der Waals surface area contributed by atoms with Crippen molar-refractivity contribution < 1.29 is 4.79 Å². The van der Waals surface area contributed by atoms with E-state index in [9.17, 15) is 4.79 Å². The highest BCUT2D eigenvalue weighted by molar-refractivity contribution is 6.30. The van der Waals surface area contributed by atoms with E-state index in [0.717, 1.165) is 31.0 Å². The molecular formula is C15H21ClN2O. The maximum atomic E-state index is 11.3. The molecule has 1 N–H and O–H groups in total. The van der Waals surface area contributed by atoms with E-state index in [1.54, 1.807) is 6.92 Å². The standard InChI is InChI=1S/C15H21ClN2O/c1-11(13-3-5-14(16)6-4-13)17-15-7-9-18(10-8-15)12(2)19/h3-6,11,15,17H,7-10H2,1-2H3. The summed E-state index contributed by atoms with van der Waals surface area (Å²) in [5, 5.41) is 4.40. The fourth-order valence-electron chi connectivity index (χ4n) is 2.56. The van der Waals surface area contributed by atoms with Gasteiger partial charge in [0.05, 0.1) is 0 Å². The summed E-state index contributed by atoms with van der Waals surface area (Å²) in [5.74, 6) is 0.184. The van der Waals surface area contributed by atoms with Crippen LogP contribution in [0.4, 0.5) is 0 Å². The highest BCUT2D eigenvalue weighted by Crippen LogP contribution is 2.19. The van der Waals surface area contributed by atoms with Gasteiger partial charge in [0.25, 0.3) is 0 Å². The van der Waals surface area contributed by atoms with Crippen LogP contribution >= 0.6 is 11.6 Å². The van der Waals surface area contributed by atoms with Gasteiger partial charge >= 0.3 is 0 Å². The highest BCUT2D eigenvalue weighted by atomic mass is 35.5. The lowest BCUT2D eigenvalue weighted by molar-refractivity contribution is -0.129. The highest BCUT2D eigenvalue weighted by Gasteiger charge is 2.21. The summed E-state index contributed by atoms with van der Waals surface area (Å²) in [7, 11) is 0. The van der Waals surface area contributed by atoms with Crippen LogP contribution in [0, 0.1) is 0 Å². The van der Waals surface area contributed by atoms with Crippen LogP contribution in [-0.4, -0.2) is 29.9 Å². The summed E-state index contributed by atoms with van der Waals surface area (Å²) in [5.41, 5.74) is 1.25. The van der Waals surface area contributed by atoms with Crippen LogP contribution in [0.5, 0.6) is 0 Å². The molecule has 1 aromatic rings. The molecule has 0 spiro atoms. The summed E-state index contributed by atoms with van der Waals surface area (Å²) in [6.07, 6.45) is 2.05. The van der Waals surface area contributed by atoms with Crippen LogP contribution in [-0.2, 0) is 4.79 Å². The van der Waals surface area contributed by atoms with Gasteiger partial charge in [0.1, 0.15) is 0 Å². The zero-order valence-corrected chi connectivity index (χ0v) is 12.3. The molecule has 1 heterocycles. The first-order chi connectivity index (χ1) is 9.06. The number of nitrogens with zero attached hydrogens (tertiary/aromatic N) is 1. The maximum Gasteiger partial charge on any atom is 0.219 e. The van der Waals surface area contributed by atoms with Crippen molar-refractivity contribution in [2.24, 2.45) is 0 Å². The van der Waals surface area contributed by atoms with Crippen molar-refractivity contribution in [3.8, 4) is 0 Å². The van der Waals surface area contributed by atoms with E-state index >= 15 is 0 Å². The molecule has 1 amide bonds. The SMILES string of the molecule is CC(=O)N1CCC(NC(C)c2ccc(Cl)cc2)CC1. The molecule has 1 atom stereocenters. The molecule has 0 aromatic heterocycles. The number of piperidine rings is 1. The number of benzene rings is 1. The van der Waals surface area contributed by atoms with Gasteiger partial charge in [-0.1, -0.05) is 23.7 Å². The Hall–Kier alpha value is -1.06. The van der Waals surface area contributed by atoms with E-state index in [2.05, 4.69) is 24.4 Å². The minimum absolute atomic E-state index is 0.184. The molecule has 3 nitrogen and oxygen atoms in total. The number of likely N-dealkylation sites (tertiary alicyclic amines) is 1. The van der Waals surface area contributed by atoms with Gasteiger partial charge in [-0.2, -0.15) is 0 Å². The number of carbonyl (C=O) groups excluding carboxylic acids is 1. The molecule has 1 aliphatic heterocycles. The van der Waals surface area contributed by atoms with Crippen molar-refractivity contribution in [3.05, 3.63) is 34.9 Å². The normalized spacial score (nSPS) is 18.4. The Morgan fingerprint density at radius 2 is 1.89 bits per heavy atom. The first-order valence-electron chi connectivity index (χ1n) is 6.83.